The lowest BCUT2D eigenvalue weighted by molar-refractivity contribution is -0.123. The average Bonchev–Trinajstić information content (AvgIpc) is 2.53. The summed E-state index contributed by atoms with van der Waals surface area (Å²) in [7, 11) is -3.38. The van der Waals surface area contributed by atoms with Crippen LogP contribution in [0, 0.1) is 13.8 Å². The number of hydrogen-bond acceptors (Lipinski definition) is 4. The molecule has 0 spiro atoms. The fourth-order valence-corrected chi connectivity index (χ4v) is 2.82. The molecule has 0 saturated carbocycles. The molecule has 0 aromatic heterocycles. The van der Waals surface area contributed by atoms with Gasteiger partial charge in [0.2, 0.25) is 10.0 Å². The van der Waals surface area contributed by atoms with Gasteiger partial charge in [0.25, 0.3) is 5.91 Å². The van der Waals surface area contributed by atoms with E-state index in [0.717, 1.165) is 17.4 Å². The van der Waals surface area contributed by atoms with Crippen molar-refractivity contribution in [3.05, 3.63) is 59.2 Å². The van der Waals surface area contributed by atoms with Crippen molar-refractivity contribution in [2.24, 2.45) is 0 Å². The third kappa shape index (κ3) is 6.11. The Kier molecular flexibility index (Phi) is 6.03. The van der Waals surface area contributed by atoms with Crippen molar-refractivity contribution in [2.45, 2.75) is 20.4 Å². The first-order chi connectivity index (χ1) is 11.7. The summed E-state index contributed by atoms with van der Waals surface area (Å²) in [5.41, 5.74) is 3.14. The van der Waals surface area contributed by atoms with E-state index in [0.29, 0.717) is 17.0 Å². The average molecular weight is 362 g/mol. The van der Waals surface area contributed by atoms with Gasteiger partial charge in [-0.05, 0) is 42.7 Å². The zero-order valence-electron chi connectivity index (χ0n) is 14.5. The molecule has 0 aliphatic heterocycles. The molecule has 1 amide bonds. The Bertz CT molecular complexity index is 863. The van der Waals surface area contributed by atoms with E-state index < -0.39 is 10.0 Å². The van der Waals surface area contributed by atoms with Crippen molar-refractivity contribution >= 4 is 21.6 Å². The van der Waals surface area contributed by atoms with E-state index in [9.17, 15) is 13.2 Å². The minimum Gasteiger partial charge on any atom is -0.483 e. The van der Waals surface area contributed by atoms with Gasteiger partial charge in [-0.2, -0.15) is 0 Å². The number of para-hydroxylation sites is 1. The summed E-state index contributed by atoms with van der Waals surface area (Å²) >= 11 is 0. The maximum atomic E-state index is 12.0. The van der Waals surface area contributed by atoms with Gasteiger partial charge in [-0.3, -0.25) is 9.52 Å². The van der Waals surface area contributed by atoms with Gasteiger partial charge < -0.3 is 10.1 Å². The highest BCUT2D eigenvalue weighted by atomic mass is 32.2. The van der Waals surface area contributed by atoms with Crippen LogP contribution >= 0.6 is 0 Å². The Morgan fingerprint density at radius 1 is 1.12 bits per heavy atom. The van der Waals surface area contributed by atoms with Crippen molar-refractivity contribution in [3.63, 3.8) is 0 Å². The van der Waals surface area contributed by atoms with Crippen molar-refractivity contribution in [2.75, 3.05) is 17.6 Å². The van der Waals surface area contributed by atoms with Crippen molar-refractivity contribution < 1.29 is 17.9 Å². The van der Waals surface area contributed by atoms with Gasteiger partial charge in [0.1, 0.15) is 5.75 Å². The fraction of sp³-hybridized carbons (Fsp3) is 0.278. The van der Waals surface area contributed by atoms with Crippen LogP contribution in [0.1, 0.15) is 16.7 Å². The molecule has 0 fully saturated rings. The number of nitrogens with one attached hydrogen (secondary N) is 2. The van der Waals surface area contributed by atoms with Gasteiger partial charge in [0.15, 0.2) is 6.61 Å². The molecule has 0 saturated heterocycles. The Morgan fingerprint density at radius 2 is 1.84 bits per heavy atom. The number of hydrogen-bond donors (Lipinski definition) is 2. The summed E-state index contributed by atoms with van der Waals surface area (Å²) in [5, 5.41) is 2.73. The first-order valence-corrected chi connectivity index (χ1v) is 9.66. The van der Waals surface area contributed by atoms with Crippen LogP contribution in [-0.2, 0) is 21.4 Å². The van der Waals surface area contributed by atoms with Crippen molar-refractivity contribution in [1.82, 2.24) is 5.32 Å². The molecule has 2 N–H and O–H groups in total. The normalized spacial score (nSPS) is 11.0. The summed E-state index contributed by atoms with van der Waals surface area (Å²) in [5.74, 6) is 0.393. The minimum atomic E-state index is -3.38. The maximum Gasteiger partial charge on any atom is 0.258 e. The number of rotatable bonds is 7. The lowest BCUT2D eigenvalue weighted by Gasteiger charge is -2.13. The predicted octanol–water partition coefficient (Wildman–Crippen LogP) is 2.37. The molecule has 0 aliphatic rings. The molecule has 0 atom stereocenters. The molecular formula is C18H22N2O4S. The third-order valence-electron chi connectivity index (χ3n) is 3.49. The van der Waals surface area contributed by atoms with E-state index in [1.165, 1.54) is 0 Å². The lowest BCUT2D eigenvalue weighted by Crippen LogP contribution is -2.29. The zero-order valence-corrected chi connectivity index (χ0v) is 15.3. The highest BCUT2D eigenvalue weighted by molar-refractivity contribution is 7.92. The number of aryl methyl sites for hydroxylation is 2. The van der Waals surface area contributed by atoms with Crippen LogP contribution in [0.5, 0.6) is 5.75 Å². The van der Waals surface area contributed by atoms with Gasteiger partial charge in [0, 0.05) is 6.54 Å². The second-order valence-electron chi connectivity index (χ2n) is 5.87. The van der Waals surface area contributed by atoms with Crippen LogP contribution in [0.4, 0.5) is 5.69 Å². The molecule has 0 unspecified atom stereocenters. The van der Waals surface area contributed by atoms with Gasteiger partial charge >= 0.3 is 0 Å². The number of sulfonamides is 1. The van der Waals surface area contributed by atoms with Crippen LogP contribution in [0.25, 0.3) is 0 Å². The second kappa shape index (κ2) is 8.02. The van der Waals surface area contributed by atoms with E-state index in [1.807, 2.05) is 32.0 Å². The summed E-state index contributed by atoms with van der Waals surface area (Å²) in [6.07, 6.45) is 1.08. The number of ether oxygens (including phenoxy) is 1. The Labute approximate surface area is 148 Å². The van der Waals surface area contributed by atoms with E-state index in [-0.39, 0.29) is 19.1 Å². The highest BCUT2D eigenvalue weighted by Gasteiger charge is 2.09. The number of amides is 1. The van der Waals surface area contributed by atoms with E-state index >= 15 is 0 Å². The fourth-order valence-electron chi connectivity index (χ4n) is 2.22. The van der Waals surface area contributed by atoms with Crippen molar-refractivity contribution in [3.8, 4) is 5.75 Å². The van der Waals surface area contributed by atoms with Gasteiger partial charge in [0.05, 0.1) is 11.9 Å². The van der Waals surface area contributed by atoms with Crippen LogP contribution in [0.2, 0.25) is 0 Å². The minimum absolute atomic E-state index is 0.105. The monoisotopic (exact) mass is 362 g/mol. The summed E-state index contributed by atoms with van der Waals surface area (Å²) < 4.78 is 30.8. The first-order valence-electron chi connectivity index (χ1n) is 7.77. The molecule has 0 aliphatic carbocycles. The lowest BCUT2D eigenvalue weighted by atomic mass is 10.1. The number of carbonyl (C=O) groups excluding carboxylic acids is 1. The van der Waals surface area contributed by atoms with E-state index in [4.69, 9.17) is 4.74 Å². The summed E-state index contributed by atoms with van der Waals surface area (Å²) in [6.45, 7) is 3.97. The molecule has 0 radical (unpaired) electrons. The maximum absolute atomic E-state index is 12.0. The molecule has 6 nitrogen and oxygen atoms in total. The van der Waals surface area contributed by atoms with Gasteiger partial charge in [-0.1, -0.05) is 30.3 Å². The SMILES string of the molecule is Cc1ccc(C)c(OCC(=O)NCc2ccccc2NS(C)(=O)=O)c1. The van der Waals surface area contributed by atoms with Crippen molar-refractivity contribution in [1.29, 1.82) is 0 Å². The van der Waals surface area contributed by atoms with Crippen LogP contribution in [0.15, 0.2) is 42.5 Å². The van der Waals surface area contributed by atoms with E-state index in [1.54, 1.807) is 24.3 Å². The van der Waals surface area contributed by atoms with Gasteiger partial charge in [-0.15, -0.1) is 0 Å². The Balaban J connectivity index is 1.93. The second-order valence-corrected chi connectivity index (χ2v) is 7.61. The van der Waals surface area contributed by atoms with Gasteiger partial charge in [-0.25, -0.2) is 8.42 Å². The molecule has 2 aromatic rings. The summed E-state index contributed by atoms with van der Waals surface area (Å²) in [4.78, 5) is 12.0. The third-order valence-corrected chi connectivity index (χ3v) is 4.08. The zero-order chi connectivity index (χ0) is 18.4. The quantitative estimate of drug-likeness (QED) is 0.792. The molecule has 0 bridgehead atoms. The van der Waals surface area contributed by atoms with E-state index in [2.05, 4.69) is 10.0 Å². The van der Waals surface area contributed by atoms with Crippen LogP contribution in [-0.4, -0.2) is 27.2 Å². The largest absolute Gasteiger partial charge is 0.483 e. The molecule has 134 valence electrons. The summed E-state index contributed by atoms with van der Waals surface area (Å²) in [6, 6.07) is 12.7. The smallest absolute Gasteiger partial charge is 0.258 e. The first kappa shape index (κ1) is 18.8. The number of anilines is 1. The van der Waals surface area contributed by atoms with Crippen LogP contribution < -0.4 is 14.8 Å². The molecular weight excluding hydrogens is 340 g/mol. The highest BCUT2D eigenvalue weighted by Crippen LogP contribution is 2.19. The van der Waals surface area contributed by atoms with Crippen LogP contribution in [0.3, 0.4) is 0 Å². The molecule has 2 rings (SSSR count). The molecule has 25 heavy (non-hydrogen) atoms. The number of carbonyl (C=O) groups is 1. The Morgan fingerprint density at radius 3 is 2.56 bits per heavy atom. The standard InChI is InChI=1S/C18H22N2O4S/c1-13-8-9-14(2)17(10-13)24-12-18(21)19-11-15-6-4-5-7-16(15)20-25(3,22)23/h4-10,20H,11-12H2,1-3H3,(H,19,21). The number of benzene rings is 2. The molecule has 0 heterocycles. The Hall–Kier alpha value is -2.54. The predicted molar refractivity (Wildman–Crippen MR) is 98.2 cm³/mol. The molecule has 2 aromatic carbocycles. The topological polar surface area (TPSA) is 84.5 Å². The molecule has 7 heteroatoms.